The summed E-state index contributed by atoms with van der Waals surface area (Å²) in [5.74, 6) is -1.18. The molecule has 1 N–H and O–H groups in total. The van der Waals surface area contributed by atoms with E-state index >= 15 is 0 Å². The fraction of sp³-hybridized carbons (Fsp3) is 0.308. The van der Waals surface area contributed by atoms with Crippen LogP contribution in [0.3, 0.4) is 0 Å². The van der Waals surface area contributed by atoms with E-state index in [1.807, 2.05) is 5.32 Å². The van der Waals surface area contributed by atoms with Gasteiger partial charge in [0.15, 0.2) is 0 Å². The van der Waals surface area contributed by atoms with Crippen LogP contribution < -0.4 is 10.1 Å². The van der Waals surface area contributed by atoms with Crippen molar-refractivity contribution < 1.29 is 32.2 Å². The van der Waals surface area contributed by atoms with Crippen molar-refractivity contribution in [2.24, 2.45) is 0 Å². The second-order valence-corrected chi connectivity index (χ2v) is 5.41. The number of benzene rings is 1. The molecule has 0 saturated carbocycles. The standard InChI is InChI=1S/C13H12F3N5O4S/c1-2-24-12(23)17-10(22)7-26-11-18-19-20-21(11)8-3-5-9(6-4-8)25-13(14,15)16/h3-6H,2,7H2,1H3,(H,17,22,23). The first kappa shape index (κ1) is 19.5. The molecule has 0 radical (unpaired) electrons. The van der Waals surface area contributed by atoms with Gasteiger partial charge in [0, 0.05) is 0 Å². The van der Waals surface area contributed by atoms with Crippen LogP contribution in [-0.4, -0.2) is 50.9 Å². The number of imide groups is 1. The van der Waals surface area contributed by atoms with Crippen LogP contribution in [0.15, 0.2) is 29.4 Å². The van der Waals surface area contributed by atoms with Gasteiger partial charge in [-0.2, -0.15) is 4.68 Å². The number of carbonyl (C=O) groups excluding carboxylic acids is 2. The number of halogens is 3. The van der Waals surface area contributed by atoms with Crippen LogP contribution in [0.25, 0.3) is 5.69 Å². The molecule has 2 aromatic rings. The number of alkyl halides is 3. The molecule has 9 nitrogen and oxygen atoms in total. The molecule has 140 valence electrons. The van der Waals surface area contributed by atoms with E-state index in [1.165, 1.54) is 16.8 Å². The lowest BCUT2D eigenvalue weighted by atomic mass is 10.3. The van der Waals surface area contributed by atoms with Crippen molar-refractivity contribution in [1.82, 2.24) is 25.5 Å². The minimum Gasteiger partial charge on any atom is -0.450 e. The summed E-state index contributed by atoms with van der Waals surface area (Å²) in [5, 5.41) is 13.1. The van der Waals surface area contributed by atoms with Crippen molar-refractivity contribution in [2.75, 3.05) is 12.4 Å². The Morgan fingerprint density at radius 3 is 2.58 bits per heavy atom. The van der Waals surface area contributed by atoms with Gasteiger partial charge in [0.1, 0.15) is 5.75 Å². The molecule has 0 aliphatic carbocycles. The third kappa shape index (κ3) is 5.91. The molecule has 13 heteroatoms. The van der Waals surface area contributed by atoms with E-state index in [-0.39, 0.29) is 17.5 Å². The van der Waals surface area contributed by atoms with Gasteiger partial charge in [0.25, 0.3) is 0 Å². The molecule has 0 atom stereocenters. The number of hydrogen-bond donors (Lipinski definition) is 1. The van der Waals surface area contributed by atoms with Gasteiger partial charge in [-0.3, -0.25) is 10.1 Å². The zero-order valence-electron chi connectivity index (χ0n) is 13.2. The van der Waals surface area contributed by atoms with Crippen molar-refractivity contribution in [3.63, 3.8) is 0 Å². The molecule has 0 aliphatic rings. The minimum atomic E-state index is -4.79. The van der Waals surface area contributed by atoms with E-state index in [0.29, 0.717) is 5.69 Å². The molecule has 2 amide bonds. The molecule has 1 aromatic heterocycles. The first-order chi connectivity index (χ1) is 12.3. The summed E-state index contributed by atoms with van der Waals surface area (Å²) in [6.45, 7) is 1.72. The van der Waals surface area contributed by atoms with Gasteiger partial charge in [-0.05, 0) is 41.6 Å². The molecular weight excluding hydrogens is 379 g/mol. The van der Waals surface area contributed by atoms with Crippen molar-refractivity contribution in [2.45, 2.75) is 18.4 Å². The molecule has 2 rings (SSSR count). The fourth-order valence-corrected chi connectivity index (χ4v) is 2.36. The zero-order chi connectivity index (χ0) is 19.2. The van der Waals surface area contributed by atoms with Crippen molar-refractivity contribution in [1.29, 1.82) is 0 Å². The molecule has 1 heterocycles. The highest BCUT2D eigenvalue weighted by Gasteiger charge is 2.31. The second-order valence-electron chi connectivity index (χ2n) is 4.47. The lowest BCUT2D eigenvalue weighted by molar-refractivity contribution is -0.274. The van der Waals surface area contributed by atoms with Gasteiger partial charge in [-0.1, -0.05) is 11.8 Å². The molecule has 1 aromatic carbocycles. The van der Waals surface area contributed by atoms with E-state index < -0.39 is 24.1 Å². The summed E-state index contributed by atoms with van der Waals surface area (Å²) in [7, 11) is 0. The maximum atomic E-state index is 12.2. The molecule has 0 spiro atoms. The summed E-state index contributed by atoms with van der Waals surface area (Å²) in [4.78, 5) is 22.7. The van der Waals surface area contributed by atoms with Gasteiger partial charge in [-0.25, -0.2) is 4.79 Å². The lowest BCUT2D eigenvalue weighted by Crippen LogP contribution is -2.32. The highest BCUT2D eigenvalue weighted by atomic mass is 32.2. The summed E-state index contributed by atoms with van der Waals surface area (Å²) < 4.78 is 46.1. The summed E-state index contributed by atoms with van der Waals surface area (Å²) in [6, 6.07) is 4.85. The Balaban J connectivity index is 1.99. The second kappa shape index (κ2) is 8.51. The molecule has 26 heavy (non-hydrogen) atoms. The van der Waals surface area contributed by atoms with Crippen LogP contribution in [0.1, 0.15) is 6.92 Å². The first-order valence-corrected chi connectivity index (χ1v) is 8.01. The monoisotopic (exact) mass is 391 g/mol. The Morgan fingerprint density at radius 2 is 1.96 bits per heavy atom. The van der Waals surface area contributed by atoms with E-state index in [2.05, 4.69) is 25.0 Å². The third-order valence-electron chi connectivity index (χ3n) is 2.61. The Bertz CT molecular complexity index is 766. The number of nitrogens with zero attached hydrogens (tertiary/aromatic N) is 4. The Labute approximate surface area is 148 Å². The SMILES string of the molecule is CCOC(=O)NC(=O)CSc1nnnn1-c1ccc(OC(F)(F)F)cc1. The molecule has 0 unspecified atom stereocenters. The van der Waals surface area contributed by atoms with Crippen molar-refractivity contribution in [3.05, 3.63) is 24.3 Å². The highest BCUT2D eigenvalue weighted by molar-refractivity contribution is 7.99. The number of carbonyl (C=O) groups is 2. The number of thioether (sulfide) groups is 1. The highest BCUT2D eigenvalue weighted by Crippen LogP contribution is 2.24. The Morgan fingerprint density at radius 1 is 1.27 bits per heavy atom. The summed E-state index contributed by atoms with van der Waals surface area (Å²) >= 11 is 0.927. The number of aromatic nitrogens is 4. The van der Waals surface area contributed by atoms with Crippen LogP contribution in [0.5, 0.6) is 5.75 Å². The third-order valence-corrected chi connectivity index (χ3v) is 3.52. The van der Waals surface area contributed by atoms with Crippen LogP contribution in [0, 0.1) is 0 Å². The number of ether oxygens (including phenoxy) is 2. The lowest BCUT2D eigenvalue weighted by Gasteiger charge is -2.09. The predicted molar refractivity (Wildman–Crippen MR) is 81.7 cm³/mol. The van der Waals surface area contributed by atoms with Gasteiger partial charge in [-0.15, -0.1) is 18.3 Å². The average Bonchev–Trinajstić information content (AvgIpc) is 3.01. The Kier molecular flexibility index (Phi) is 6.38. The van der Waals surface area contributed by atoms with Crippen molar-refractivity contribution in [3.8, 4) is 11.4 Å². The number of alkyl carbamates (subject to hydrolysis) is 1. The minimum absolute atomic E-state index is 0.124. The zero-order valence-corrected chi connectivity index (χ0v) is 14.0. The van der Waals surface area contributed by atoms with Crippen molar-refractivity contribution >= 4 is 23.8 Å². The van der Waals surface area contributed by atoms with Crippen LogP contribution in [0.4, 0.5) is 18.0 Å². The number of rotatable bonds is 6. The molecule has 0 aliphatic heterocycles. The quantitative estimate of drug-likeness (QED) is 0.744. The van der Waals surface area contributed by atoms with Crippen LogP contribution in [-0.2, 0) is 9.53 Å². The topological polar surface area (TPSA) is 108 Å². The Hall–Kier alpha value is -2.83. The fourth-order valence-electron chi connectivity index (χ4n) is 1.67. The average molecular weight is 391 g/mol. The first-order valence-electron chi connectivity index (χ1n) is 7.02. The normalized spacial score (nSPS) is 11.1. The largest absolute Gasteiger partial charge is 0.573 e. The number of hydrogen-bond acceptors (Lipinski definition) is 8. The molecule has 0 fully saturated rings. The smallest absolute Gasteiger partial charge is 0.450 e. The van der Waals surface area contributed by atoms with E-state index in [4.69, 9.17) is 0 Å². The van der Waals surface area contributed by atoms with E-state index in [9.17, 15) is 22.8 Å². The van der Waals surface area contributed by atoms with Gasteiger partial charge in [0.05, 0.1) is 18.0 Å². The van der Waals surface area contributed by atoms with Crippen LogP contribution >= 0.6 is 11.8 Å². The molecule has 0 bridgehead atoms. The maximum Gasteiger partial charge on any atom is 0.573 e. The maximum absolute atomic E-state index is 12.2. The van der Waals surface area contributed by atoms with E-state index in [0.717, 1.165) is 23.9 Å². The van der Waals surface area contributed by atoms with Gasteiger partial charge >= 0.3 is 12.5 Å². The molecular formula is C13H12F3N5O4S. The predicted octanol–water partition coefficient (Wildman–Crippen LogP) is 1.93. The molecule has 0 saturated heterocycles. The van der Waals surface area contributed by atoms with Crippen LogP contribution in [0.2, 0.25) is 0 Å². The number of amides is 2. The number of tetrazole rings is 1. The van der Waals surface area contributed by atoms with Gasteiger partial charge in [0.2, 0.25) is 11.1 Å². The number of nitrogens with one attached hydrogen (secondary N) is 1. The van der Waals surface area contributed by atoms with Gasteiger partial charge < -0.3 is 9.47 Å². The summed E-state index contributed by atoms with van der Waals surface area (Å²) in [5.41, 5.74) is 0.359. The summed E-state index contributed by atoms with van der Waals surface area (Å²) in [6.07, 6.45) is -5.65. The van der Waals surface area contributed by atoms with E-state index in [1.54, 1.807) is 6.92 Å².